The number of H-pyrrole nitrogens is 1. The number of benzene rings is 1. The number of halogens is 1. The molecule has 2 aromatic rings. The van der Waals surface area contributed by atoms with E-state index < -0.39 is 0 Å². The van der Waals surface area contributed by atoms with Crippen LogP contribution >= 0.6 is 0 Å². The zero-order valence-electron chi connectivity index (χ0n) is 10.0. The third-order valence-electron chi connectivity index (χ3n) is 2.55. The predicted molar refractivity (Wildman–Crippen MR) is 66.8 cm³/mol. The summed E-state index contributed by atoms with van der Waals surface area (Å²) < 4.78 is 13.0. The van der Waals surface area contributed by atoms with E-state index in [-0.39, 0.29) is 11.4 Å². The van der Waals surface area contributed by atoms with Crippen LogP contribution in [0.4, 0.5) is 4.39 Å². The molecular weight excluding hydrogens is 233 g/mol. The minimum Gasteiger partial charge on any atom is -0.315 e. The molecule has 0 bridgehead atoms. The highest BCUT2D eigenvalue weighted by atomic mass is 19.1. The summed E-state index contributed by atoms with van der Waals surface area (Å²) >= 11 is 0. The van der Waals surface area contributed by atoms with Crippen molar-refractivity contribution in [2.24, 2.45) is 0 Å². The van der Waals surface area contributed by atoms with Gasteiger partial charge in [-0.1, -0.05) is 12.1 Å². The number of rotatable bonds is 4. The molecule has 2 N–H and O–H groups in total. The highest BCUT2D eigenvalue weighted by molar-refractivity contribution is 5.20. The molecule has 4 nitrogen and oxygen atoms in total. The molecule has 0 unspecified atom stereocenters. The maximum atomic E-state index is 13.0. The number of aromatic amines is 1. The van der Waals surface area contributed by atoms with Crippen molar-refractivity contribution in [3.63, 3.8) is 0 Å². The quantitative estimate of drug-likeness (QED) is 0.854. The Morgan fingerprint density at radius 1 is 1.44 bits per heavy atom. The maximum absolute atomic E-state index is 13.0. The van der Waals surface area contributed by atoms with Gasteiger partial charge in [-0.2, -0.15) is 0 Å². The summed E-state index contributed by atoms with van der Waals surface area (Å²) in [4.78, 5) is 18.5. The smallest absolute Gasteiger partial charge is 0.255 e. The number of hydrogen-bond acceptors (Lipinski definition) is 3. The van der Waals surface area contributed by atoms with Crippen LogP contribution in [-0.2, 0) is 13.0 Å². The lowest BCUT2D eigenvalue weighted by Gasteiger charge is -2.03. The predicted octanol–water partition coefficient (Wildman–Crippen LogP) is 1.22. The second-order valence-electron chi connectivity index (χ2n) is 4.02. The molecule has 2 rings (SSSR count). The van der Waals surface area contributed by atoms with Crippen molar-refractivity contribution in [1.29, 1.82) is 0 Å². The van der Waals surface area contributed by atoms with E-state index in [9.17, 15) is 9.18 Å². The summed E-state index contributed by atoms with van der Waals surface area (Å²) in [6.45, 7) is 0.475. The standard InChI is InChI=1S/C13H14FN3O/c1-15-7-10-8-16-12(17-13(10)18)6-9-3-2-4-11(14)5-9/h2-5,8,15H,6-7H2,1H3,(H,16,17,18). The summed E-state index contributed by atoms with van der Waals surface area (Å²) in [6, 6.07) is 6.25. The normalized spacial score (nSPS) is 10.6. The Labute approximate surface area is 104 Å². The van der Waals surface area contributed by atoms with E-state index >= 15 is 0 Å². The molecule has 0 saturated heterocycles. The van der Waals surface area contributed by atoms with Crippen LogP contribution in [0.2, 0.25) is 0 Å². The average molecular weight is 247 g/mol. The van der Waals surface area contributed by atoms with Crippen LogP contribution in [0.15, 0.2) is 35.3 Å². The summed E-state index contributed by atoms with van der Waals surface area (Å²) in [5, 5.41) is 2.89. The van der Waals surface area contributed by atoms with Gasteiger partial charge in [0, 0.05) is 24.7 Å². The molecule has 1 heterocycles. The van der Waals surface area contributed by atoms with Crippen LogP contribution in [0.5, 0.6) is 0 Å². The van der Waals surface area contributed by atoms with Crippen LogP contribution in [-0.4, -0.2) is 17.0 Å². The molecule has 0 amide bonds. The van der Waals surface area contributed by atoms with Crippen molar-refractivity contribution in [2.75, 3.05) is 7.05 Å². The van der Waals surface area contributed by atoms with Gasteiger partial charge in [-0.25, -0.2) is 9.37 Å². The Morgan fingerprint density at radius 2 is 2.28 bits per heavy atom. The first-order chi connectivity index (χ1) is 8.69. The molecular formula is C13H14FN3O. The van der Waals surface area contributed by atoms with Crippen molar-refractivity contribution in [3.8, 4) is 0 Å². The molecule has 0 spiro atoms. The van der Waals surface area contributed by atoms with Crippen LogP contribution in [0.3, 0.4) is 0 Å². The van der Waals surface area contributed by atoms with Gasteiger partial charge in [-0.15, -0.1) is 0 Å². The third kappa shape index (κ3) is 3.01. The zero-order valence-corrected chi connectivity index (χ0v) is 10.0. The van der Waals surface area contributed by atoms with Gasteiger partial charge < -0.3 is 10.3 Å². The molecule has 18 heavy (non-hydrogen) atoms. The van der Waals surface area contributed by atoms with Crippen LogP contribution in [0.1, 0.15) is 17.0 Å². The van der Waals surface area contributed by atoms with Crippen LogP contribution < -0.4 is 10.9 Å². The van der Waals surface area contributed by atoms with E-state index in [2.05, 4.69) is 15.3 Å². The minimum atomic E-state index is -0.290. The fourth-order valence-electron chi connectivity index (χ4n) is 1.70. The number of nitrogens with zero attached hydrogens (tertiary/aromatic N) is 1. The Kier molecular flexibility index (Phi) is 3.84. The Balaban J connectivity index is 2.20. The summed E-state index contributed by atoms with van der Waals surface area (Å²) in [5.41, 5.74) is 1.20. The summed E-state index contributed by atoms with van der Waals surface area (Å²) in [5.74, 6) is 0.243. The van der Waals surface area contributed by atoms with Gasteiger partial charge >= 0.3 is 0 Å². The van der Waals surface area contributed by atoms with Crippen molar-refractivity contribution < 1.29 is 4.39 Å². The average Bonchev–Trinajstić information content (AvgIpc) is 2.33. The monoisotopic (exact) mass is 247 g/mol. The van der Waals surface area contributed by atoms with Gasteiger partial charge in [-0.3, -0.25) is 4.79 Å². The Bertz CT molecular complexity index is 595. The van der Waals surface area contributed by atoms with E-state index in [4.69, 9.17) is 0 Å². The molecule has 1 aromatic carbocycles. The van der Waals surface area contributed by atoms with E-state index in [1.54, 1.807) is 25.4 Å². The van der Waals surface area contributed by atoms with Gasteiger partial charge in [0.15, 0.2) is 0 Å². The second kappa shape index (κ2) is 5.55. The van der Waals surface area contributed by atoms with Gasteiger partial charge in [-0.05, 0) is 24.7 Å². The maximum Gasteiger partial charge on any atom is 0.255 e. The van der Waals surface area contributed by atoms with Gasteiger partial charge in [0.1, 0.15) is 11.6 Å². The molecule has 0 aliphatic carbocycles. The molecule has 0 radical (unpaired) electrons. The topological polar surface area (TPSA) is 57.8 Å². The zero-order chi connectivity index (χ0) is 13.0. The lowest BCUT2D eigenvalue weighted by molar-refractivity contribution is 0.625. The Morgan fingerprint density at radius 3 is 2.94 bits per heavy atom. The first-order valence-corrected chi connectivity index (χ1v) is 5.65. The molecule has 0 aliphatic rings. The lowest BCUT2D eigenvalue weighted by Crippen LogP contribution is -2.20. The van der Waals surface area contributed by atoms with Gasteiger partial charge in [0.05, 0.1) is 0 Å². The summed E-state index contributed by atoms with van der Waals surface area (Å²) in [6.07, 6.45) is 1.96. The molecule has 0 atom stereocenters. The molecule has 1 aromatic heterocycles. The fraction of sp³-hybridized carbons (Fsp3) is 0.231. The Hall–Kier alpha value is -2.01. The van der Waals surface area contributed by atoms with Crippen LogP contribution in [0.25, 0.3) is 0 Å². The van der Waals surface area contributed by atoms with Crippen molar-refractivity contribution in [1.82, 2.24) is 15.3 Å². The minimum absolute atomic E-state index is 0.161. The van der Waals surface area contributed by atoms with E-state index in [1.807, 2.05) is 0 Å². The van der Waals surface area contributed by atoms with Gasteiger partial charge in [0.2, 0.25) is 0 Å². The van der Waals surface area contributed by atoms with Gasteiger partial charge in [0.25, 0.3) is 5.56 Å². The number of nitrogens with one attached hydrogen (secondary N) is 2. The number of hydrogen-bond donors (Lipinski definition) is 2. The highest BCUT2D eigenvalue weighted by Crippen LogP contribution is 2.07. The van der Waals surface area contributed by atoms with E-state index in [0.717, 1.165) is 5.56 Å². The van der Waals surface area contributed by atoms with Crippen molar-refractivity contribution in [2.45, 2.75) is 13.0 Å². The van der Waals surface area contributed by atoms with Crippen LogP contribution in [0, 0.1) is 5.82 Å². The molecule has 0 saturated carbocycles. The molecule has 0 fully saturated rings. The number of aromatic nitrogens is 2. The third-order valence-corrected chi connectivity index (χ3v) is 2.55. The second-order valence-corrected chi connectivity index (χ2v) is 4.02. The largest absolute Gasteiger partial charge is 0.315 e. The summed E-state index contributed by atoms with van der Waals surface area (Å²) in [7, 11) is 1.76. The van der Waals surface area contributed by atoms with Crippen molar-refractivity contribution >= 4 is 0 Å². The van der Waals surface area contributed by atoms with Crippen molar-refractivity contribution in [3.05, 3.63) is 63.6 Å². The lowest BCUT2D eigenvalue weighted by atomic mass is 10.1. The fourth-order valence-corrected chi connectivity index (χ4v) is 1.70. The molecule has 0 aliphatic heterocycles. The molecule has 5 heteroatoms. The first-order valence-electron chi connectivity index (χ1n) is 5.65. The van der Waals surface area contributed by atoms with E-state index in [1.165, 1.54) is 12.1 Å². The van der Waals surface area contributed by atoms with E-state index in [0.29, 0.717) is 24.4 Å². The first kappa shape index (κ1) is 12.4. The molecule has 94 valence electrons. The SMILES string of the molecule is CNCc1cnc(Cc2cccc(F)c2)[nH]c1=O. The highest BCUT2D eigenvalue weighted by Gasteiger charge is 2.03.